The van der Waals surface area contributed by atoms with Gasteiger partial charge in [0.05, 0.1) is 26.2 Å². The Morgan fingerprint density at radius 1 is 1.05 bits per heavy atom. The van der Waals surface area contributed by atoms with Crippen molar-refractivity contribution in [3.8, 4) is 11.5 Å². The lowest BCUT2D eigenvalue weighted by Crippen LogP contribution is -2.55. The van der Waals surface area contributed by atoms with Crippen LogP contribution < -0.4 is 19.1 Å². The molecule has 1 atom stereocenters. The molecule has 0 aliphatic rings. The molecule has 10 heteroatoms. The summed E-state index contributed by atoms with van der Waals surface area (Å²) < 4.78 is 37.4. The number of hydrogen-bond acceptors (Lipinski definition) is 6. The van der Waals surface area contributed by atoms with Gasteiger partial charge in [0, 0.05) is 18.2 Å². The zero-order chi connectivity index (χ0) is 28.0. The molecule has 2 rings (SSSR count). The Morgan fingerprint density at radius 3 is 2.24 bits per heavy atom. The molecule has 0 saturated heterocycles. The number of ether oxygens (including phenoxy) is 2. The summed E-state index contributed by atoms with van der Waals surface area (Å²) in [7, 11) is -1.03. The molecule has 9 nitrogen and oxygen atoms in total. The molecule has 37 heavy (non-hydrogen) atoms. The van der Waals surface area contributed by atoms with E-state index in [0.29, 0.717) is 12.2 Å². The molecule has 0 aromatic heterocycles. The summed E-state index contributed by atoms with van der Waals surface area (Å²) in [6.45, 7) is 8.99. The summed E-state index contributed by atoms with van der Waals surface area (Å²) >= 11 is 0. The number of methoxy groups -OCH3 is 2. The molecule has 0 fully saturated rings. The summed E-state index contributed by atoms with van der Waals surface area (Å²) in [6.07, 6.45) is 1.37. The Bertz CT molecular complexity index is 1210. The molecule has 0 unspecified atom stereocenters. The smallest absolute Gasteiger partial charge is 0.244 e. The normalized spacial score (nSPS) is 12.4. The van der Waals surface area contributed by atoms with E-state index in [9.17, 15) is 18.0 Å². The number of nitrogens with zero attached hydrogens (tertiary/aromatic N) is 2. The summed E-state index contributed by atoms with van der Waals surface area (Å²) in [6, 6.07) is 11.6. The number of carbonyl (C=O) groups excluding carboxylic acids is 2. The van der Waals surface area contributed by atoms with Gasteiger partial charge < -0.3 is 19.7 Å². The minimum atomic E-state index is -3.92. The first kappa shape index (κ1) is 30.0. The van der Waals surface area contributed by atoms with Gasteiger partial charge in [-0.1, -0.05) is 36.8 Å². The van der Waals surface area contributed by atoms with Crippen molar-refractivity contribution in [2.75, 3.05) is 31.3 Å². The largest absolute Gasteiger partial charge is 0.497 e. The lowest BCUT2D eigenvalue weighted by Gasteiger charge is -2.34. The van der Waals surface area contributed by atoms with E-state index >= 15 is 0 Å². The Kier molecular flexibility index (Phi) is 9.97. The number of rotatable bonds is 11. The van der Waals surface area contributed by atoms with Crippen molar-refractivity contribution < 1.29 is 27.5 Å². The van der Waals surface area contributed by atoms with Crippen LogP contribution in [0.15, 0.2) is 42.5 Å². The van der Waals surface area contributed by atoms with Crippen molar-refractivity contribution in [2.24, 2.45) is 0 Å². The third kappa shape index (κ3) is 8.38. The van der Waals surface area contributed by atoms with E-state index in [2.05, 4.69) is 5.32 Å². The van der Waals surface area contributed by atoms with Crippen LogP contribution >= 0.6 is 0 Å². The second-order valence-electron chi connectivity index (χ2n) is 9.98. The first-order chi connectivity index (χ1) is 17.2. The maximum atomic E-state index is 13.9. The molecular weight excluding hydrogens is 494 g/mol. The van der Waals surface area contributed by atoms with Crippen LogP contribution in [0, 0.1) is 6.92 Å². The van der Waals surface area contributed by atoms with Crippen LogP contribution in [0.1, 0.15) is 45.2 Å². The second-order valence-corrected chi connectivity index (χ2v) is 11.9. The number of amides is 2. The van der Waals surface area contributed by atoms with E-state index in [1.807, 2.05) is 58.9 Å². The quantitative estimate of drug-likeness (QED) is 0.474. The molecule has 2 aromatic rings. The lowest BCUT2D eigenvalue weighted by molar-refractivity contribution is -0.141. The molecule has 0 heterocycles. The Balaban J connectivity index is 2.55. The molecule has 2 aromatic carbocycles. The van der Waals surface area contributed by atoms with Crippen LogP contribution in [0.25, 0.3) is 0 Å². The number of sulfonamides is 1. The number of anilines is 1. The van der Waals surface area contributed by atoms with Crippen LogP contribution in [-0.2, 0) is 26.2 Å². The molecule has 0 saturated carbocycles. The van der Waals surface area contributed by atoms with Crippen molar-refractivity contribution in [3.05, 3.63) is 53.6 Å². The highest BCUT2D eigenvalue weighted by Crippen LogP contribution is 2.34. The molecule has 0 aliphatic heterocycles. The maximum absolute atomic E-state index is 13.9. The fourth-order valence-corrected chi connectivity index (χ4v) is 4.81. The molecule has 0 spiro atoms. The number of benzene rings is 2. The van der Waals surface area contributed by atoms with Crippen LogP contribution in [0.5, 0.6) is 11.5 Å². The number of carbonyl (C=O) groups is 2. The minimum Gasteiger partial charge on any atom is -0.497 e. The monoisotopic (exact) mass is 533 g/mol. The van der Waals surface area contributed by atoms with Crippen molar-refractivity contribution in [3.63, 3.8) is 0 Å². The van der Waals surface area contributed by atoms with Gasteiger partial charge in [-0.25, -0.2) is 8.42 Å². The summed E-state index contributed by atoms with van der Waals surface area (Å²) in [5.41, 5.74) is 1.51. The van der Waals surface area contributed by atoms with E-state index in [4.69, 9.17) is 9.47 Å². The average Bonchev–Trinajstić information content (AvgIpc) is 2.80. The standard InChI is InChI=1S/C27H39N3O6S/c1-9-22(26(32)28-27(3,4)5)29(17-20-12-10-11-19(2)15-20)25(31)18-30(37(8,33)34)23-16-21(35-6)13-14-24(23)36-7/h10-16,22H,9,17-18H2,1-8H3,(H,28,32)/t22-/m0/s1. The molecule has 0 bridgehead atoms. The third-order valence-electron chi connectivity index (χ3n) is 5.65. The highest BCUT2D eigenvalue weighted by molar-refractivity contribution is 7.92. The topological polar surface area (TPSA) is 105 Å². The minimum absolute atomic E-state index is 0.142. The number of aryl methyl sites for hydroxylation is 1. The Hall–Kier alpha value is -3.27. The molecule has 204 valence electrons. The Morgan fingerprint density at radius 2 is 1.73 bits per heavy atom. The summed E-state index contributed by atoms with van der Waals surface area (Å²) in [5.74, 6) is -0.153. The van der Waals surface area contributed by atoms with E-state index in [0.717, 1.165) is 21.7 Å². The van der Waals surface area contributed by atoms with Crippen molar-refractivity contribution >= 4 is 27.5 Å². The molecular formula is C27H39N3O6S. The van der Waals surface area contributed by atoms with Crippen molar-refractivity contribution in [2.45, 2.75) is 59.2 Å². The predicted octanol–water partition coefficient (Wildman–Crippen LogP) is 3.50. The van der Waals surface area contributed by atoms with E-state index in [1.165, 1.54) is 25.2 Å². The van der Waals surface area contributed by atoms with E-state index in [1.54, 1.807) is 12.1 Å². The fraction of sp³-hybridized carbons (Fsp3) is 0.481. The van der Waals surface area contributed by atoms with E-state index < -0.39 is 34.1 Å². The zero-order valence-corrected chi connectivity index (χ0v) is 23.8. The number of nitrogens with one attached hydrogen (secondary N) is 1. The van der Waals surface area contributed by atoms with Gasteiger partial charge in [-0.2, -0.15) is 0 Å². The first-order valence-electron chi connectivity index (χ1n) is 12.1. The zero-order valence-electron chi connectivity index (χ0n) is 23.0. The van der Waals surface area contributed by atoms with Gasteiger partial charge in [0.15, 0.2) is 0 Å². The van der Waals surface area contributed by atoms with E-state index in [-0.39, 0.29) is 23.9 Å². The molecule has 2 amide bonds. The van der Waals surface area contributed by atoms with Crippen LogP contribution in [0.4, 0.5) is 5.69 Å². The third-order valence-corrected chi connectivity index (χ3v) is 6.78. The van der Waals surface area contributed by atoms with Crippen LogP contribution in [0.3, 0.4) is 0 Å². The second kappa shape index (κ2) is 12.3. The van der Waals surface area contributed by atoms with Gasteiger partial charge in [-0.3, -0.25) is 13.9 Å². The number of hydrogen-bond donors (Lipinski definition) is 1. The highest BCUT2D eigenvalue weighted by atomic mass is 32.2. The van der Waals surface area contributed by atoms with Gasteiger partial charge in [-0.15, -0.1) is 0 Å². The summed E-state index contributed by atoms with van der Waals surface area (Å²) in [5, 5.41) is 2.95. The van der Waals surface area contributed by atoms with Crippen LogP contribution in [0.2, 0.25) is 0 Å². The molecule has 0 aliphatic carbocycles. The van der Waals surface area contributed by atoms with Crippen molar-refractivity contribution in [1.82, 2.24) is 10.2 Å². The van der Waals surface area contributed by atoms with Crippen molar-refractivity contribution in [1.29, 1.82) is 0 Å². The van der Waals surface area contributed by atoms with Gasteiger partial charge >= 0.3 is 0 Å². The molecule has 1 N–H and O–H groups in total. The van der Waals surface area contributed by atoms with Gasteiger partial charge in [0.1, 0.15) is 24.1 Å². The SMILES string of the molecule is CC[C@@H](C(=O)NC(C)(C)C)N(Cc1cccc(C)c1)C(=O)CN(c1cc(OC)ccc1OC)S(C)(=O)=O. The lowest BCUT2D eigenvalue weighted by atomic mass is 10.0. The Labute approximate surface area is 220 Å². The average molecular weight is 534 g/mol. The van der Waals surface area contributed by atoms with Gasteiger partial charge in [-0.05, 0) is 51.8 Å². The fourth-order valence-electron chi connectivity index (χ4n) is 3.97. The van der Waals surface area contributed by atoms with Crippen LogP contribution in [-0.4, -0.2) is 63.7 Å². The van der Waals surface area contributed by atoms with Gasteiger partial charge in [0.25, 0.3) is 0 Å². The van der Waals surface area contributed by atoms with Gasteiger partial charge in [0.2, 0.25) is 21.8 Å². The highest BCUT2D eigenvalue weighted by Gasteiger charge is 2.33. The molecule has 0 radical (unpaired) electrons. The first-order valence-corrected chi connectivity index (χ1v) is 13.9. The predicted molar refractivity (Wildman–Crippen MR) is 145 cm³/mol. The summed E-state index contributed by atoms with van der Waals surface area (Å²) in [4.78, 5) is 28.6. The maximum Gasteiger partial charge on any atom is 0.244 e.